The SMILES string of the molecule is CSCc1ccc(C(=O)NCCS(=O)(=O)N2CCc3ccccc32)cc1. The molecule has 0 fully saturated rings. The molecular formula is C19H22N2O3S2. The Morgan fingerprint density at radius 1 is 1.15 bits per heavy atom. The van der Waals surface area contributed by atoms with Crippen molar-refractivity contribution in [2.45, 2.75) is 12.2 Å². The molecule has 7 heteroatoms. The Balaban J connectivity index is 1.56. The summed E-state index contributed by atoms with van der Waals surface area (Å²) in [6.45, 7) is 0.554. The first-order chi connectivity index (χ1) is 12.5. The molecule has 1 heterocycles. The van der Waals surface area contributed by atoms with Crippen molar-refractivity contribution >= 4 is 33.4 Å². The van der Waals surface area contributed by atoms with Gasteiger partial charge in [0.2, 0.25) is 10.0 Å². The summed E-state index contributed by atoms with van der Waals surface area (Å²) in [6.07, 6.45) is 2.75. The zero-order valence-corrected chi connectivity index (χ0v) is 16.3. The molecular weight excluding hydrogens is 368 g/mol. The summed E-state index contributed by atoms with van der Waals surface area (Å²) in [5.41, 5.74) is 3.50. The second-order valence-corrected chi connectivity index (χ2v) is 9.03. The Labute approximate surface area is 158 Å². The molecule has 1 aliphatic rings. The summed E-state index contributed by atoms with van der Waals surface area (Å²) < 4.78 is 26.7. The van der Waals surface area contributed by atoms with E-state index in [1.807, 2.05) is 42.7 Å². The molecule has 0 aromatic heterocycles. The van der Waals surface area contributed by atoms with Crippen LogP contribution in [0.5, 0.6) is 0 Å². The van der Waals surface area contributed by atoms with Gasteiger partial charge >= 0.3 is 0 Å². The molecule has 1 N–H and O–H groups in total. The highest BCUT2D eigenvalue weighted by molar-refractivity contribution is 7.97. The smallest absolute Gasteiger partial charge is 0.251 e. The number of hydrogen-bond acceptors (Lipinski definition) is 4. The van der Waals surface area contributed by atoms with Gasteiger partial charge in [-0.3, -0.25) is 9.10 Å². The zero-order valence-electron chi connectivity index (χ0n) is 14.6. The number of sulfonamides is 1. The summed E-state index contributed by atoms with van der Waals surface area (Å²) in [4.78, 5) is 12.2. The minimum Gasteiger partial charge on any atom is -0.351 e. The monoisotopic (exact) mass is 390 g/mol. The molecule has 0 bridgehead atoms. The van der Waals surface area contributed by atoms with E-state index in [9.17, 15) is 13.2 Å². The van der Waals surface area contributed by atoms with E-state index in [-0.39, 0.29) is 18.2 Å². The third kappa shape index (κ3) is 4.22. The van der Waals surface area contributed by atoms with Crippen molar-refractivity contribution in [3.05, 3.63) is 65.2 Å². The van der Waals surface area contributed by atoms with E-state index in [1.165, 1.54) is 4.31 Å². The number of amides is 1. The van der Waals surface area contributed by atoms with Crippen molar-refractivity contribution in [2.75, 3.05) is 29.4 Å². The first-order valence-corrected chi connectivity index (χ1v) is 11.5. The summed E-state index contributed by atoms with van der Waals surface area (Å²) >= 11 is 1.72. The number of benzene rings is 2. The minimum absolute atomic E-state index is 0.0897. The number of hydrogen-bond donors (Lipinski definition) is 1. The number of carbonyl (C=O) groups is 1. The number of rotatable bonds is 7. The fourth-order valence-electron chi connectivity index (χ4n) is 3.02. The van der Waals surface area contributed by atoms with Crippen LogP contribution in [0.3, 0.4) is 0 Å². The van der Waals surface area contributed by atoms with E-state index in [2.05, 4.69) is 5.32 Å². The third-order valence-electron chi connectivity index (χ3n) is 4.35. The average Bonchev–Trinajstić information content (AvgIpc) is 3.07. The standard InChI is InChI=1S/C19H22N2O3S2/c1-25-14-15-6-8-17(9-7-15)19(22)20-11-13-26(23,24)21-12-10-16-4-2-3-5-18(16)21/h2-9H,10-14H2,1H3,(H,20,22). The van der Waals surface area contributed by atoms with E-state index < -0.39 is 10.0 Å². The van der Waals surface area contributed by atoms with Crippen LogP contribution in [-0.2, 0) is 22.2 Å². The molecule has 0 radical (unpaired) electrons. The first-order valence-electron chi connectivity index (χ1n) is 8.45. The second kappa shape index (κ2) is 8.14. The van der Waals surface area contributed by atoms with Crippen LogP contribution in [0, 0.1) is 0 Å². The number of nitrogens with one attached hydrogen (secondary N) is 1. The van der Waals surface area contributed by atoms with Gasteiger partial charge in [0.05, 0.1) is 11.4 Å². The number of fused-ring (bicyclic) bond motifs is 1. The normalized spacial score (nSPS) is 13.5. The Morgan fingerprint density at radius 3 is 2.62 bits per heavy atom. The lowest BCUT2D eigenvalue weighted by molar-refractivity contribution is 0.0956. The quantitative estimate of drug-likeness (QED) is 0.789. The van der Waals surface area contributed by atoms with Crippen LogP contribution in [0.2, 0.25) is 0 Å². The molecule has 2 aromatic carbocycles. The summed E-state index contributed by atoms with van der Waals surface area (Å²) in [6, 6.07) is 14.9. The molecule has 5 nitrogen and oxygen atoms in total. The maximum atomic E-state index is 12.6. The van der Waals surface area contributed by atoms with Gasteiger partial charge in [0.25, 0.3) is 5.91 Å². The van der Waals surface area contributed by atoms with Gasteiger partial charge < -0.3 is 5.32 Å². The zero-order chi connectivity index (χ0) is 18.6. The lowest BCUT2D eigenvalue weighted by Gasteiger charge is -2.19. The van der Waals surface area contributed by atoms with Crippen LogP contribution in [0.15, 0.2) is 48.5 Å². The van der Waals surface area contributed by atoms with Crippen molar-refractivity contribution in [1.29, 1.82) is 0 Å². The predicted molar refractivity (Wildman–Crippen MR) is 107 cm³/mol. The molecule has 1 aliphatic heterocycles. The van der Waals surface area contributed by atoms with Crippen LogP contribution in [-0.4, -0.2) is 39.4 Å². The van der Waals surface area contributed by atoms with Crippen LogP contribution in [0.1, 0.15) is 21.5 Å². The molecule has 0 unspecified atom stereocenters. The summed E-state index contributed by atoms with van der Waals surface area (Å²) in [7, 11) is -3.45. The van der Waals surface area contributed by atoms with E-state index >= 15 is 0 Å². The molecule has 3 rings (SSSR count). The molecule has 0 saturated carbocycles. The topological polar surface area (TPSA) is 66.5 Å². The fraction of sp³-hybridized carbons (Fsp3) is 0.316. The van der Waals surface area contributed by atoms with Crippen LogP contribution in [0.4, 0.5) is 5.69 Å². The van der Waals surface area contributed by atoms with Gasteiger partial charge in [0.15, 0.2) is 0 Å². The van der Waals surface area contributed by atoms with Crippen molar-refractivity contribution < 1.29 is 13.2 Å². The van der Waals surface area contributed by atoms with Gasteiger partial charge in [-0.15, -0.1) is 0 Å². The van der Waals surface area contributed by atoms with Crippen molar-refractivity contribution in [3.63, 3.8) is 0 Å². The maximum Gasteiger partial charge on any atom is 0.251 e. The first kappa shape index (κ1) is 18.8. The third-order valence-corrected chi connectivity index (χ3v) is 6.75. The molecule has 26 heavy (non-hydrogen) atoms. The van der Waals surface area contributed by atoms with Gasteiger partial charge in [-0.1, -0.05) is 30.3 Å². The Morgan fingerprint density at radius 2 is 1.88 bits per heavy atom. The maximum absolute atomic E-state index is 12.6. The minimum atomic E-state index is -3.45. The van der Waals surface area contributed by atoms with E-state index in [4.69, 9.17) is 0 Å². The lowest BCUT2D eigenvalue weighted by atomic mass is 10.1. The number of anilines is 1. The Hall–Kier alpha value is -1.99. The Bertz CT molecular complexity index is 880. The predicted octanol–water partition coefficient (Wildman–Crippen LogP) is 2.67. The largest absolute Gasteiger partial charge is 0.351 e. The van der Waals surface area contributed by atoms with E-state index in [0.717, 1.165) is 29.0 Å². The van der Waals surface area contributed by atoms with E-state index in [0.29, 0.717) is 12.1 Å². The van der Waals surface area contributed by atoms with Gasteiger partial charge in [-0.2, -0.15) is 11.8 Å². The molecule has 0 spiro atoms. The number of para-hydroxylation sites is 1. The van der Waals surface area contributed by atoms with Crippen molar-refractivity contribution in [2.24, 2.45) is 0 Å². The van der Waals surface area contributed by atoms with Crippen LogP contribution < -0.4 is 9.62 Å². The summed E-state index contributed by atoms with van der Waals surface area (Å²) in [5.74, 6) is 0.535. The highest BCUT2D eigenvalue weighted by Gasteiger charge is 2.28. The van der Waals surface area contributed by atoms with Gasteiger partial charge in [0, 0.05) is 24.4 Å². The van der Waals surface area contributed by atoms with E-state index in [1.54, 1.807) is 23.9 Å². The highest BCUT2D eigenvalue weighted by Crippen LogP contribution is 2.29. The van der Waals surface area contributed by atoms with Crippen molar-refractivity contribution in [3.8, 4) is 0 Å². The second-order valence-electron chi connectivity index (χ2n) is 6.15. The fourth-order valence-corrected chi connectivity index (χ4v) is 4.98. The molecule has 2 aromatic rings. The number of nitrogens with zero attached hydrogens (tertiary/aromatic N) is 1. The lowest BCUT2D eigenvalue weighted by Crippen LogP contribution is -2.36. The van der Waals surface area contributed by atoms with Crippen LogP contribution >= 0.6 is 11.8 Å². The van der Waals surface area contributed by atoms with Crippen LogP contribution in [0.25, 0.3) is 0 Å². The summed E-state index contributed by atoms with van der Waals surface area (Å²) in [5, 5.41) is 2.70. The van der Waals surface area contributed by atoms with Gasteiger partial charge in [-0.05, 0) is 42.0 Å². The number of carbonyl (C=O) groups excluding carboxylic acids is 1. The van der Waals surface area contributed by atoms with Gasteiger partial charge in [0.1, 0.15) is 0 Å². The molecule has 0 atom stereocenters. The molecule has 138 valence electrons. The van der Waals surface area contributed by atoms with Gasteiger partial charge in [-0.25, -0.2) is 8.42 Å². The average molecular weight is 391 g/mol. The number of thioether (sulfide) groups is 1. The molecule has 0 saturated heterocycles. The highest BCUT2D eigenvalue weighted by atomic mass is 32.2. The molecule has 1 amide bonds. The van der Waals surface area contributed by atoms with Crippen molar-refractivity contribution in [1.82, 2.24) is 5.32 Å². The molecule has 0 aliphatic carbocycles. The Kier molecular flexibility index (Phi) is 5.88.